The number of hydrogen-bond donors (Lipinski definition) is 1. The smallest absolute Gasteiger partial charge is 0.124 e. The van der Waals surface area contributed by atoms with Crippen LogP contribution < -0.4 is 15.4 Å². The summed E-state index contributed by atoms with van der Waals surface area (Å²) < 4.78 is 5.49. The summed E-state index contributed by atoms with van der Waals surface area (Å²) >= 11 is 0. The molecule has 1 unspecified atom stereocenters. The highest BCUT2D eigenvalue weighted by atomic mass is 35.5. The van der Waals surface area contributed by atoms with Crippen LogP contribution in [0.4, 0.5) is 5.69 Å². The second kappa shape index (κ2) is 9.05. The number of benzene rings is 1. The van der Waals surface area contributed by atoms with E-state index in [0.717, 1.165) is 31.7 Å². The van der Waals surface area contributed by atoms with Crippen molar-refractivity contribution in [3.8, 4) is 5.75 Å². The molecule has 3 nitrogen and oxygen atoms in total. The van der Waals surface area contributed by atoms with Gasteiger partial charge in [-0.2, -0.15) is 0 Å². The van der Waals surface area contributed by atoms with Crippen LogP contribution in [0.2, 0.25) is 0 Å². The lowest BCUT2D eigenvalue weighted by molar-refractivity contribution is 0.407. The zero-order valence-electron chi connectivity index (χ0n) is 12.5. The van der Waals surface area contributed by atoms with Crippen molar-refractivity contribution in [1.82, 2.24) is 0 Å². The molecule has 0 heterocycles. The molecule has 0 saturated heterocycles. The Kier molecular flexibility index (Phi) is 8.61. The van der Waals surface area contributed by atoms with Crippen LogP contribution in [-0.4, -0.2) is 26.2 Å². The van der Waals surface area contributed by atoms with Crippen molar-refractivity contribution in [3.63, 3.8) is 0 Å². The van der Waals surface area contributed by atoms with Crippen molar-refractivity contribution in [1.29, 1.82) is 0 Å². The van der Waals surface area contributed by atoms with Crippen LogP contribution in [0.1, 0.15) is 32.8 Å². The first-order chi connectivity index (χ1) is 8.65. The second-order valence-electron chi connectivity index (χ2n) is 4.54. The quantitative estimate of drug-likeness (QED) is 0.836. The molecule has 110 valence electrons. The van der Waals surface area contributed by atoms with Gasteiger partial charge in [-0.25, -0.2) is 0 Å². The average molecular weight is 287 g/mol. The van der Waals surface area contributed by atoms with Gasteiger partial charge in [-0.15, -0.1) is 12.4 Å². The number of methoxy groups -OCH3 is 1. The van der Waals surface area contributed by atoms with Crippen LogP contribution >= 0.6 is 12.4 Å². The van der Waals surface area contributed by atoms with E-state index in [4.69, 9.17) is 10.5 Å². The molecule has 0 bridgehead atoms. The predicted molar refractivity (Wildman–Crippen MR) is 85.8 cm³/mol. The van der Waals surface area contributed by atoms with Gasteiger partial charge in [-0.3, -0.25) is 0 Å². The van der Waals surface area contributed by atoms with Crippen LogP contribution in [0.5, 0.6) is 5.75 Å². The van der Waals surface area contributed by atoms with E-state index in [0.29, 0.717) is 0 Å². The van der Waals surface area contributed by atoms with Gasteiger partial charge in [0, 0.05) is 30.9 Å². The third kappa shape index (κ3) is 4.92. The van der Waals surface area contributed by atoms with Crippen LogP contribution in [0.25, 0.3) is 0 Å². The van der Waals surface area contributed by atoms with Crippen molar-refractivity contribution < 1.29 is 4.74 Å². The number of halogens is 1. The fourth-order valence-electron chi connectivity index (χ4n) is 2.11. The summed E-state index contributed by atoms with van der Waals surface area (Å²) in [6.07, 6.45) is 1.86. The van der Waals surface area contributed by atoms with Crippen molar-refractivity contribution in [2.75, 3.05) is 25.1 Å². The highest BCUT2D eigenvalue weighted by molar-refractivity contribution is 5.85. The van der Waals surface area contributed by atoms with Gasteiger partial charge >= 0.3 is 0 Å². The normalized spacial score (nSPS) is 11.6. The van der Waals surface area contributed by atoms with Crippen molar-refractivity contribution in [2.24, 2.45) is 5.73 Å². The van der Waals surface area contributed by atoms with Gasteiger partial charge in [0.2, 0.25) is 0 Å². The van der Waals surface area contributed by atoms with E-state index in [1.54, 1.807) is 7.11 Å². The molecule has 0 aliphatic rings. The van der Waals surface area contributed by atoms with E-state index < -0.39 is 0 Å². The Morgan fingerprint density at radius 2 is 1.84 bits per heavy atom. The van der Waals surface area contributed by atoms with Gasteiger partial charge in [0.05, 0.1) is 7.11 Å². The Labute approximate surface area is 123 Å². The number of hydrogen-bond acceptors (Lipinski definition) is 3. The highest BCUT2D eigenvalue weighted by Gasteiger charge is 2.10. The molecule has 2 N–H and O–H groups in total. The predicted octanol–water partition coefficient (Wildman–Crippen LogP) is 3.24. The van der Waals surface area contributed by atoms with E-state index in [1.807, 2.05) is 0 Å². The maximum absolute atomic E-state index is 6.01. The monoisotopic (exact) mass is 286 g/mol. The van der Waals surface area contributed by atoms with Gasteiger partial charge in [0.15, 0.2) is 0 Å². The van der Waals surface area contributed by atoms with E-state index in [1.165, 1.54) is 11.3 Å². The van der Waals surface area contributed by atoms with Crippen molar-refractivity contribution in [3.05, 3.63) is 23.8 Å². The summed E-state index contributed by atoms with van der Waals surface area (Å²) in [6.45, 7) is 8.45. The Morgan fingerprint density at radius 3 is 2.32 bits per heavy atom. The summed E-state index contributed by atoms with van der Waals surface area (Å²) in [5, 5.41) is 0. The first-order valence-electron chi connectivity index (χ1n) is 6.83. The lowest BCUT2D eigenvalue weighted by atomic mass is 10.0. The Balaban J connectivity index is 0.00000324. The second-order valence-corrected chi connectivity index (χ2v) is 4.54. The van der Waals surface area contributed by atoms with Crippen LogP contribution in [0, 0.1) is 0 Å². The number of anilines is 1. The van der Waals surface area contributed by atoms with Crippen molar-refractivity contribution in [2.45, 2.75) is 39.7 Å². The lowest BCUT2D eigenvalue weighted by Gasteiger charge is -2.23. The van der Waals surface area contributed by atoms with Gasteiger partial charge in [0.25, 0.3) is 0 Å². The van der Waals surface area contributed by atoms with E-state index in [9.17, 15) is 0 Å². The molecule has 0 saturated carbocycles. The third-order valence-corrected chi connectivity index (χ3v) is 3.41. The SMILES string of the molecule is CCC(N)Cc1ccc(N(CC)CC)cc1OC.Cl. The minimum absolute atomic E-state index is 0. The fourth-order valence-corrected chi connectivity index (χ4v) is 2.11. The Bertz CT molecular complexity index is 367. The molecule has 1 atom stereocenters. The zero-order chi connectivity index (χ0) is 13.5. The topological polar surface area (TPSA) is 38.5 Å². The molecule has 0 aliphatic carbocycles. The summed E-state index contributed by atoms with van der Waals surface area (Å²) in [7, 11) is 1.72. The summed E-state index contributed by atoms with van der Waals surface area (Å²) in [5.41, 5.74) is 8.42. The van der Waals surface area contributed by atoms with Crippen molar-refractivity contribution >= 4 is 18.1 Å². The molecule has 0 radical (unpaired) electrons. The van der Waals surface area contributed by atoms with Gasteiger partial charge in [-0.1, -0.05) is 13.0 Å². The number of nitrogens with zero attached hydrogens (tertiary/aromatic N) is 1. The minimum atomic E-state index is 0. The molecule has 0 fully saturated rings. The number of rotatable bonds is 7. The standard InChI is InChI=1S/C15H26N2O.ClH/c1-5-13(16)10-12-8-9-14(11-15(12)18-4)17(6-2)7-3;/h8-9,11,13H,5-7,10,16H2,1-4H3;1H. The average Bonchev–Trinajstić information content (AvgIpc) is 2.41. The van der Waals surface area contributed by atoms with E-state index in [-0.39, 0.29) is 18.4 Å². The van der Waals surface area contributed by atoms with Gasteiger partial charge in [0.1, 0.15) is 5.75 Å². The maximum Gasteiger partial charge on any atom is 0.124 e. The molecule has 4 heteroatoms. The largest absolute Gasteiger partial charge is 0.496 e. The summed E-state index contributed by atoms with van der Waals surface area (Å²) in [5.74, 6) is 0.948. The summed E-state index contributed by atoms with van der Waals surface area (Å²) in [6, 6.07) is 6.62. The van der Waals surface area contributed by atoms with Crippen LogP contribution in [0.3, 0.4) is 0 Å². The molecular weight excluding hydrogens is 260 g/mol. The zero-order valence-corrected chi connectivity index (χ0v) is 13.3. The first-order valence-corrected chi connectivity index (χ1v) is 6.83. The molecule has 19 heavy (non-hydrogen) atoms. The summed E-state index contributed by atoms with van der Waals surface area (Å²) in [4.78, 5) is 2.31. The molecule has 0 amide bonds. The van der Waals surface area contributed by atoms with Crippen LogP contribution in [0.15, 0.2) is 18.2 Å². The Hall–Kier alpha value is -0.930. The van der Waals surface area contributed by atoms with E-state index in [2.05, 4.69) is 43.9 Å². The molecule has 1 aromatic rings. The molecule has 0 aromatic heterocycles. The Morgan fingerprint density at radius 1 is 1.21 bits per heavy atom. The molecule has 0 aliphatic heterocycles. The minimum Gasteiger partial charge on any atom is -0.496 e. The highest BCUT2D eigenvalue weighted by Crippen LogP contribution is 2.26. The maximum atomic E-state index is 6.01. The number of nitrogens with two attached hydrogens (primary N) is 1. The fraction of sp³-hybridized carbons (Fsp3) is 0.600. The molecular formula is C15H27ClN2O. The molecule has 0 spiro atoms. The van der Waals surface area contributed by atoms with Gasteiger partial charge in [-0.05, 0) is 38.3 Å². The molecule has 1 aromatic carbocycles. The van der Waals surface area contributed by atoms with Gasteiger partial charge < -0.3 is 15.4 Å². The first kappa shape index (κ1) is 18.1. The third-order valence-electron chi connectivity index (χ3n) is 3.41. The lowest BCUT2D eigenvalue weighted by Crippen LogP contribution is -2.23. The molecule has 1 rings (SSSR count). The number of ether oxygens (including phenoxy) is 1. The van der Waals surface area contributed by atoms with E-state index >= 15 is 0 Å². The van der Waals surface area contributed by atoms with Crippen LogP contribution in [-0.2, 0) is 6.42 Å².